The van der Waals surface area contributed by atoms with Crippen molar-refractivity contribution in [1.29, 1.82) is 0 Å². The van der Waals surface area contributed by atoms with Gasteiger partial charge >= 0.3 is 12.1 Å². The summed E-state index contributed by atoms with van der Waals surface area (Å²) in [5.74, 6) is 0.585. The Morgan fingerprint density at radius 1 is 0.308 bits per heavy atom. The maximum absolute atomic E-state index is 13.5. The van der Waals surface area contributed by atoms with Crippen molar-refractivity contribution in [1.82, 2.24) is 31.1 Å². The fourth-order valence-corrected chi connectivity index (χ4v) is 10.0. The summed E-state index contributed by atoms with van der Waals surface area (Å²) in [6, 6.07) is -0.597. The van der Waals surface area contributed by atoms with Crippen LogP contribution in [-0.2, 0) is 28.8 Å². The second kappa shape index (κ2) is 56.4. The van der Waals surface area contributed by atoms with Gasteiger partial charge in [-0.25, -0.2) is 9.59 Å². The van der Waals surface area contributed by atoms with Crippen molar-refractivity contribution in [2.45, 2.75) is 323 Å². The van der Waals surface area contributed by atoms with Crippen LogP contribution in [-0.4, -0.2) is 96.8 Å². The summed E-state index contributed by atoms with van der Waals surface area (Å²) in [4.78, 5) is 102. The van der Waals surface area contributed by atoms with Crippen LogP contribution in [0.4, 0.5) is 9.59 Å². The van der Waals surface area contributed by atoms with Crippen molar-refractivity contribution in [3.63, 3.8) is 0 Å². The van der Waals surface area contributed by atoms with Gasteiger partial charge < -0.3 is 26.1 Å². The van der Waals surface area contributed by atoms with Crippen molar-refractivity contribution >= 4 is 47.3 Å². The lowest BCUT2D eigenvalue weighted by Crippen LogP contribution is -2.44. The molecule has 0 spiro atoms. The fourth-order valence-electron chi connectivity index (χ4n) is 10.0. The zero-order valence-electron chi connectivity index (χ0n) is 50.9. The predicted octanol–water partition coefficient (Wildman–Crippen LogP) is 15.5. The first-order valence-corrected chi connectivity index (χ1v) is 32.5. The molecule has 0 atom stereocenters. The highest BCUT2D eigenvalue weighted by Crippen LogP contribution is 2.17. The number of urea groups is 2. The van der Waals surface area contributed by atoms with Crippen molar-refractivity contribution < 1.29 is 38.4 Å². The van der Waals surface area contributed by atoms with E-state index < -0.39 is 0 Å². The SMILES string of the molecule is CCC(=O)CCCCCCCCCCCN(C(=O)CCCCCCCCCCCCC(C)=O)C(=O)NCCCCCCNC(=O)N(CCCCCCCCCCCC(=O)NC)C(=O)CCCCCCCCCCCNC(C)=O. The van der Waals surface area contributed by atoms with Gasteiger partial charge in [-0.3, -0.25) is 33.8 Å². The highest BCUT2D eigenvalue weighted by Gasteiger charge is 2.22. The Hall–Kier alpha value is -3.84. The van der Waals surface area contributed by atoms with E-state index in [-0.39, 0.29) is 41.5 Å². The Labute approximate surface area is 477 Å². The van der Waals surface area contributed by atoms with E-state index in [1.165, 1.54) is 74.0 Å². The molecule has 0 bridgehead atoms. The molecule has 0 saturated heterocycles. The number of nitrogens with zero attached hydrogens (tertiary/aromatic N) is 2. The van der Waals surface area contributed by atoms with Crippen LogP contribution in [0.25, 0.3) is 0 Å². The monoisotopic (exact) mass is 1100 g/mol. The summed E-state index contributed by atoms with van der Waals surface area (Å²) in [5, 5.41) is 11.6. The Kier molecular flexibility index (Phi) is 53.7. The zero-order valence-corrected chi connectivity index (χ0v) is 50.9. The van der Waals surface area contributed by atoms with Crippen LogP contribution in [0.5, 0.6) is 0 Å². The molecule has 0 aliphatic carbocycles. The summed E-state index contributed by atoms with van der Waals surface area (Å²) in [7, 11) is 1.68. The summed E-state index contributed by atoms with van der Waals surface area (Å²) in [6.07, 6.45) is 46.5. The highest BCUT2D eigenvalue weighted by molar-refractivity contribution is 5.95. The quantitative estimate of drug-likeness (QED) is 0.0432. The molecule has 0 aromatic rings. The highest BCUT2D eigenvalue weighted by atomic mass is 16.2. The lowest BCUT2D eigenvalue weighted by molar-refractivity contribution is -0.129. The van der Waals surface area contributed by atoms with Gasteiger partial charge in [0.15, 0.2) is 0 Å². The summed E-state index contributed by atoms with van der Waals surface area (Å²) >= 11 is 0. The first-order valence-electron chi connectivity index (χ1n) is 32.5. The van der Waals surface area contributed by atoms with Crippen LogP contribution < -0.4 is 21.3 Å². The van der Waals surface area contributed by atoms with Gasteiger partial charge in [0, 0.05) is 85.2 Å². The van der Waals surface area contributed by atoms with E-state index in [0.29, 0.717) is 70.5 Å². The molecule has 0 aliphatic heterocycles. The molecular formula is C64H120N6O8. The van der Waals surface area contributed by atoms with E-state index in [0.717, 1.165) is 206 Å². The van der Waals surface area contributed by atoms with Crippen molar-refractivity contribution in [2.24, 2.45) is 0 Å². The molecule has 0 heterocycles. The second-order valence-corrected chi connectivity index (χ2v) is 22.6. The van der Waals surface area contributed by atoms with Gasteiger partial charge in [0.25, 0.3) is 0 Å². The first-order chi connectivity index (χ1) is 37.9. The van der Waals surface area contributed by atoms with E-state index in [2.05, 4.69) is 21.3 Å². The van der Waals surface area contributed by atoms with E-state index in [9.17, 15) is 38.4 Å². The molecule has 14 heteroatoms. The number of Topliss-reactive ketones (excluding diaryl/α,β-unsaturated/α-hetero) is 2. The molecule has 4 N–H and O–H groups in total. The van der Waals surface area contributed by atoms with Crippen LogP contribution in [0.1, 0.15) is 323 Å². The Bertz CT molecular complexity index is 1420. The number of imide groups is 2. The Morgan fingerprint density at radius 3 is 0.885 bits per heavy atom. The average Bonchev–Trinajstić information content (AvgIpc) is 3.42. The second-order valence-electron chi connectivity index (χ2n) is 22.6. The van der Waals surface area contributed by atoms with Crippen molar-refractivity contribution in [3.8, 4) is 0 Å². The predicted molar refractivity (Wildman–Crippen MR) is 321 cm³/mol. The number of ketones is 2. The lowest BCUT2D eigenvalue weighted by atomic mass is 10.0. The topological polar surface area (TPSA) is 191 Å². The summed E-state index contributed by atoms with van der Waals surface area (Å²) in [6.45, 7) is 7.74. The third-order valence-corrected chi connectivity index (χ3v) is 15.2. The third-order valence-electron chi connectivity index (χ3n) is 15.2. The smallest absolute Gasteiger partial charge is 0.324 e. The number of nitrogens with one attached hydrogen (secondary N) is 4. The molecule has 0 fully saturated rings. The van der Waals surface area contributed by atoms with Crippen molar-refractivity contribution in [3.05, 3.63) is 0 Å². The van der Waals surface area contributed by atoms with Crippen LogP contribution in [0, 0.1) is 0 Å². The molecule has 8 amide bonds. The van der Waals surface area contributed by atoms with Gasteiger partial charge in [0.2, 0.25) is 23.6 Å². The maximum atomic E-state index is 13.5. The molecule has 0 aliphatic rings. The van der Waals surface area contributed by atoms with Gasteiger partial charge in [-0.1, -0.05) is 206 Å². The van der Waals surface area contributed by atoms with E-state index in [1.807, 2.05) is 6.92 Å². The van der Waals surface area contributed by atoms with Gasteiger partial charge in [-0.15, -0.1) is 0 Å². The van der Waals surface area contributed by atoms with Crippen LogP contribution in [0.2, 0.25) is 0 Å². The molecule has 0 radical (unpaired) electrons. The normalized spacial score (nSPS) is 11.1. The number of carbonyl (C=O) groups is 8. The minimum absolute atomic E-state index is 0.0273. The molecule has 0 saturated carbocycles. The minimum atomic E-state index is -0.301. The van der Waals surface area contributed by atoms with Gasteiger partial charge in [0.1, 0.15) is 11.6 Å². The van der Waals surface area contributed by atoms with E-state index in [4.69, 9.17) is 0 Å². The molecule has 78 heavy (non-hydrogen) atoms. The van der Waals surface area contributed by atoms with Gasteiger partial charge in [0.05, 0.1) is 0 Å². The number of hydrogen-bond donors (Lipinski definition) is 4. The molecule has 0 aromatic heterocycles. The molecule has 454 valence electrons. The first kappa shape index (κ1) is 74.2. The van der Waals surface area contributed by atoms with Crippen LogP contribution >= 0.6 is 0 Å². The summed E-state index contributed by atoms with van der Waals surface area (Å²) in [5.41, 5.74) is 0. The Balaban J connectivity index is 4.88. The largest absolute Gasteiger partial charge is 0.359 e. The van der Waals surface area contributed by atoms with Crippen LogP contribution in [0.15, 0.2) is 0 Å². The van der Waals surface area contributed by atoms with E-state index in [1.54, 1.807) is 20.9 Å². The number of amides is 8. The molecule has 14 nitrogen and oxygen atoms in total. The lowest BCUT2D eigenvalue weighted by Gasteiger charge is -2.22. The van der Waals surface area contributed by atoms with Crippen LogP contribution in [0.3, 0.4) is 0 Å². The standard InChI is InChI=1S/C64H120N6O8/c1-5-59(73)48-38-28-20-12-9-17-25-35-45-55-69(61(75)50-40-30-22-14-7-6-11-19-27-37-47-57(2)71)63(77)67-53-43-33-34-44-54-68-64(78)70(56-46-36-26-18-10-13-21-29-39-49-60(74)65-4)62(76)51-41-31-23-15-8-16-24-32-42-52-66-58(3)72/h5-56H2,1-4H3,(H,65,74)(H,66,72)(H,67,77)(H,68,78). The number of hydrogen-bond acceptors (Lipinski definition) is 8. The zero-order chi connectivity index (χ0) is 57.4. The van der Waals surface area contributed by atoms with Gasteiger partial charge in [-0.05, 0) is 71.1 Å². The number of unbranched alkanes of at least 4 members (excludes halogenated alkanes) is 36. The van der Waals surface area contributed by atoms with Crippen molar-refractivity contribution in [2.75, 3.05) is 39.8 Å². The Morgan fingerprint density at radius 2 is 0.577 bits per heavy atom. The maximum Gasteiger partial charge on any atom is 0.324 e. The fraction of sp³-hybridized carbons (Fsp3) is 0.875. The third kappa shape index (κ3) is 50.4. The van der Waals surface area contributed by atoms with Gasteiger partial charge in [-0.2, -0.15) is 0 Å². The van der Waals surface area contributed by atoms with E-state index >= 15 is 0 Å². The summed E-state index contributed by atoms with van der Waals surface area (Å²) < 4.78 is 0. The molecule has 0 aromatic carbocycles. The number of carbonyl (C=O) groups excluding carboxylic acids is 8. The molecule has 0 rings (SSSR count). The molecular weight excluding hydrogens is 981 g/mol. The number of rotatable bonds is 57. The average molecular weight is 1100 g/mol. The minimum Gasteiger partial charge on any atom is -0.359 e. The molecule has 0 unspecified atom stereocenters.